The molecule has 23 heteroatoms. The number of imide groups is 1. The molecule has 10 rings (SSSR count). The number of carbonyl (C=O) groups excluding carboxylic acids is 9. The highest BCUT2D eigenvalue weighted by molar-refractivity contribution is 7.17. The van der Waals surface area contributed by atoms with E-state index in [9.17, 15) is 43.2 Å². The number of benzene rings is 4. The Bertz CT molecular complexity index is 3790. The number of piperazine rings is 1. The summed E-state index contributed by atoms with van der Waals surface area (Å²) in [6.45, 7) is 8.55. The number of fused-ring (bicyclic) bond motifs is 5. The zero-order chi connectivity index (χ0) is 60.8. The van der Waals surface area contributed by atoms with Crippen LogP contribution in [0, 0.1) is 12.8 Å². The molecule has 7 N–H and O–H groups in total. The molecule has 3 atom stereocenters. The van der Waals surface area contributed by atoms with Crippen molar-refractivity contribution in [1.82, 2.24) is 40.6 Å². The van der Waals surface area contributed by atoms with Gasteiger partial charge >= 0.3 is 6.09 Å². The zero-order valence-electron chi connectivity index (χ0n) is 48.2. The fraction of sp³-hybridized carbons (Fsp3) is 0.349. The van der Waals surface area contributed by atoms with Gasteiger partial charge in [0.2, 0.25) is 23.6 Å². The minimum Gasteiger partial charge on any atom is -0.409 e. The summed E-state index contributed by atoms with van der Waals surface area (Å²) in [5.41, 5.74) is 6.13. The summed E-state index contributed by atoms with van der Waals surface area (Å²) in [7, 11) is 2.02. The number of thiophene rings is 1. The van der Waals surface area contributed by atoms with E-state index in [-0.39, 0.29) is 72.8 Å². The summed E-state index contributed by atoms with van der Waals surface area (Å²) in [6.07, 6.45) is 4.10. The summed E-state index contributed by atoms with van der Waals surface area (Å²) in [4.78, 5) is 133. The van der Waals surface area contributed by atoms with Crippen LogP contribution in [-0.2, 0) is 35.2 Å². The van der Waals surface area contributed by atoms with Gasteiger partial charge in [0, 0.05) is 121 Å². The van der Waals surface area contributed by atoms with E-state index in [1.807, 2.05) is 63.5 Å². The number of aromatic amines is 2. The maximum atomic E-state index is 14.5. The van der Waals surface area contributed by atoms with Crippen molar-refractivity contribution >= 4 is 125 Å². The number of hydrogen-bond donors (Lipinski definition) is 7. The first-order valence-electron chi connectivity index (χ1n) is 28.8. The number of rotatable bonds is 22. The second-order valence-corrected chi connectivity index (χ2v) is 23.7. The van der Waals surface area contributed by atoms with E-state index < -0.39 is 48.4 Å². The fourth-order valence-corrected chi connectivity index (χ4v) is 12.4. The Morgan fingerprint density at radius 1 is 0.756 bits per heavy atom. The molecule has 6 heterocycles. The molecule has 4 aromatic carbocycles. The van der Waals surface area contributed by atoms with E-state index in [2.05, 4.69) is 41.5 Å². The van der Waals surface area contributed by atoms with Gasteiger partial charge in [-0.05, 0) is 110 Å². The average Bonchev–Trinajstić information content (AvgIpc) is 1.69. The van der Waals surface area contributed by atoms with Crippen molar-refractivity contribution in [3.63, 3.8) is 0 Å². The van der Waals surface area contributed by atoms with E-state index in [1.54, 1.807) is 64.4 Å². The van der Waals surface area contributed by atoms with Gasteiger partial charge in [-0.15, -0.1) is 22.9 Å². The van der Waals surface area contributed by atoms with Gasteiger partial charge in [0.1, 0.15) is 23.5 Å². The Hall–Kier alpha value is -8.86. The highest BCUT2D eigenvalue weighted by Crippen LogP contribution is 2.49. The molecular weight excluding hydrogens is 1140 g/mol. The Morgan fingerprint density at radius 2 is 1.43 bits per heavy atom. The third-order valence-corrected chi connectivity index (χ3v) is 17.1. The first kappa shape index (κ1) is 60.3. The lowest BCUT2D eigenvalue weighted by molar-refractivity contribution is -0.137. The average molecular weight is 1210 g/mol. The van der Waals surface area contributed by atoms with Crippen molar-refractivity contribution in [2.24, 2.45) is 5.92 Å². The number of aromatic nitrogens is 2. The van der Waals surface area contributed by atoms with Gasteiger partial charge in [0.15, 0.2) is 5.75 Å². The van der Waals surface area contributed by atoms with Gasteiger partial charge in [0.05, 0.1) is 16.9 Å². The molecule has 0 bridgehead atoms. The van der Waals surface area contributed by atoms with Crippen molar-refractivity contribution in [2.45, 2.75) is 77.3 Å². The SMILES string of the molecule is Cc1csc2c(OC(=O)N3CCN(C)CC3)cc3c(c12)[C@H](CCl)CN3C(=O)c1cc2cc(NC(=O)c3cc4cc(NC(=O)CNC(=O)[C@H](CC(C)C)NC(=O)[C@H](Cc5ccccc5)NC(=O)CCCCCN5C(=O)C=CC5=O)ccc4[nH]3)ccc2[nH]1. The Labute approximate surface area is 505 Å². The molecule has 0 aliphatic carbocycles. The molecule has 0 saturated carbocycles. The third kappa shape index (κ3) is 13.9. The topological polar surface area (TPSA) is 268 Å². The largest absolute Gasteiger partial charge is 0.415 e. The molecule has 7 aromatic rings. The lowest BCUT2D eigenvalue weighted by Crippen LogP contribution is -2.55. The smallest absolute Gasteiger partial charge is 0.409 e. The number of anilines is 3. The van der Waals surface area contributed by atoms with Crippen molar-refractivity contribution in [1.29, 1.82) is 0 Å². The highest BCUT2D eigenvalue weighted by Gasteiger charge is 2.38. The van der Waals surface area contributed by atoms with E-state index in [4.69, 9.17) is 16.3 Å². The second-order valence-electron chi connectivity index (χ2n) is 22.5. The van der Waals surface area contributed by atoms with Crippen molar-refractivity contribution in [3.8, 4) is 5.75 Å². The number of halogens is 1. The number of aryl methyl sites for hydroxylation is 1. The van der Waals surface area contributed by atoms with Crippen LogP contribution in [0.15, 0.2) is 102 Å². The number of carbonyl (C=O) groups is 9. The number of hydrogen-bond acceptors (Lipinski definition) is 12. The van der Waals surface area contributed by atoms with E-state index >= 15 is 0 Å². The molecule has 9 amide bonds. The zero-order valence-corrected chi connectivity index (χ0v) is 49.8. The standard InChI is InChI=1S/C63H68ClN11O10S/c1-36(2)25-46(71-61(82)47(26-38-11-7-5-8-12-38)70-52(76)13-9-6-10-20-74-54(78)18-19-55(74)79)59(80)65-33-53(77)66-42-14-16-44-39(27-42)29-48(68-44)60(81)67-43-15-17-45-40(28-43)30-49(69-45)62(83)75-34-41(32-64)57-50(75)31-51(58-56(57)37(3)35-86-58)85-63(84)73-23-21-72(4)22-24-73/h5,7-8,11-12,14-19,27-31,35-36,41,46-47,68-69H,6,9-10,13,20-26,32-34H2,1-4H3,(H,65,80)(H,66,77)(H,67,81)(H,70,76)(H,71,82)/t41-,46+,47+/m1/s1. The summed E-state index contributed by atoms with van der Waals surface area (Å²) >= 11 is 8.10. The quantitative estimate of drug-likeness (QED) is 0.0194. The molecule has 0 unspecified atom stereocenters. The molecule has 21 nitrogen and oxygen atoms in total. The lowest BCUT2D eigenvalue weighted by Gasteiger charge is -2.31. The molecule has 3 aliphatic heterocycles. The molecule has 0 radical (unpaired) electrons. The predicted molar refractivity (Wildman–Crippen MR) is 331 cm³/mol. The molecule has 86 heavy (non-hydrogen) atoms. The van der Waals surface area contributed by atoms with Gasteiger partial charge < -0.3 is 56.0 Å². The van der Waals surface area contributed by atoms with Gasteiger partial charge in [-0.2, -0.15) is 0 Å². The van der Waals surface area contributed by atoms with E-state index in [1.165, 1.54) is 23.5 Å². The maximum absolute atomic E-state index is 14.5. The monoisotopic (exact) mass is 1210 g/mol. The number of likely N-dealkylation sites (N-methyl/N-ethyl adjacent to an activating group) is 1. The predicted octanol–water partition coefficient (Wildman–Crippen LogP) is 7.95. The molecule has 1 saturated heterocycles. The highest BCUT2D eigenvalue weighted by atomic mass is 35.5. The van der Waals surface area contributed by atoms with Crippen LogP contribution in [-0.4, -0.2) is 149 Å². The Balaban J connectivity index is 0.738. The number of nitrogens with one attached hydrogen (secondary N) is 7. The number of nitrogens with zero attached hydrogens (tertiary/aromatic N) is 4. The van der Waals surface area contributed by atoms with Crippen LogP contribution in [0.5, 0.6) is 5.75 Å². The third-order valence-electron chi connectivity index (χ3n) is 15.6. The van der Waals surface area contributed by atoms with Crippen LogP contribution in [0.1, 0.15) is 89.5 Å². The summed E-state index contributed by atoms with van der Waals surface area (Å²) in [5.74, 6) is -3.01. The fourth-order valence-electron chi connectivity index (χ4n) is 11.1. The Kier molecular flexibility index (Phi) is 18.6. The minimum absolute atomic E-state index is 0.0321. The number of unbranched alkanes of at least 4 members (excludes halogenated alkanes) is 2. The Morgan fingerprint density at radius 3 is 2.12 bits per heavy atom. The van der Waals surface area contributed by atoms with E-state index in [0.29, 0.717) is 89.2 Å². The number of ether oxygens (including phenoxy) is 1. The molecule has 0 spiro atoms. The molecule has 1 fully saturated rings. The van der Waals surface area contributed by atoms with Crippen LogP contribution >= 0.6 is 22.9 Å². The number of amides is 9. The molecule has 3 aromatic heterocycles. The number of H-pyrrole nitrogens is 2. The van der Waals surface area contributed by atoms with Crippen molar-refractivity contribution in [3.05, 3.63) is 131 Å². The van der Waals surface area contributed by atoms with Crippen LogP contribution in [0.4, 0.5) is 21.9 Å². The number of alkyl halides is 1. The normalized spacial score (nSPS) is 15.8. The molecule has 3 aliphatic rings. The maximum Gasteiger partial charge on any atom is 0.415 e. The summed E-state index contributed by atoms with van der Waals surface area (Å²) < 4.78 is 6.93. The first-order valence-corrected chi connectivity index (χ1v) is 30.2. The van der Waals surface area contributed by atoms with E-state index in [0.717, 1.165) is 44.8 Å². The van der Waals surface area contributed by atoms with Crippen molar-refractivity contribution in [2.75, 3.05) is 74.3 Å². The van der Waals surface area contributed by atoms with Gasteiger partial charge in [-0.25, -0.2) is 4.79 Å². The minimum atomic E-state index is -1.03. The van der Waals surface area contributed by atoms with Crippen LogP contribution < -0.4 is 36.2 Å². The van der Waals surface area contributed by atoms with Crippen LogP contribution in [0.25, 0.3) is 31.9 Å². The second kappa shape index (κ2) is 26.6. The summed E-state index contributed by atoms with van der Waals surface area (Å²) in [5, 5.41) is 18.3. The molecular formula is C63H68ClN11O10S. The first-order chi connectivity index (χ1) is 41.4. The van der Waals surface area contributed by atoms with Gasteiger partial charge in [-0.3, -0.25) is 43.3 Å². The van der Waals surface area contributed by atoms with Gasteiger partial charge in [0.25, 0.3) is 23.6 Å². The van der Waals surface area contributed by atoms with Crippen LogP contribution in [0.2, 0.25) is 0 Å². The van der Waals surface area contributed by atoms with Crippen molar-refractivity contribution < 1.29 is 47.9 Å². The van der Waals surface area contributed by atoms with Gasteiger partial charge in [-0.1, -0.05) is 50.6 Å². The lowest BCUT2D eigenvalue weighted by atomic mass is 9.97. The summed E-state index contributed by atoms with van der Waals surface area (Å²) in [6, 6.07) is 22.6. The molecule has 448 valence electrons. The van der Waals surface area contributed by atoms with Crippen LogP contribution in [0.3, 0.4) is 0 Å².